The Bertz CT molecular complexity index is 775. The number of rotatable bonds is 6. The van der Waals surface area contributed by atoms with Crippen molar-refractivity contribution in [2.45, 2.75) is 6.54 Å². The zero-order valence-corrected chi connectivity index (χ0v) is 12.5. The van der Waals surface area contributed by atoms with E-state index in [0.29, 0.717) is 11.3 Å². The largest absolute Gasteiger partial charge is 0.457 e. The van der Waals surface area contributed by atoms with Gasteiger partial charge in [-0.1, -0.05) is 18.2 Å². The minimum Gasteiger partial charge on any atom is -0.457 e. The minimum atomic E-state index is -3.38. The van der Waals surface area contributed by atoms with E-state index in [1.165, 1.54) is 18.2 Å². The van der Waals surface area contributed by atoms with Crippen molar-refractivity contribution in [1.82, 2.24) is 4.72 Å². The molecule has 0 unspecified atom stereocenters. The van der Waals surface area contributed by atoms with Gasteiger partial charge in [-0.15, -0.1) is 0 Å². The summed E-state index contributed by atoms with van der Waals surface area (Å²) in [6, 6.07) is 12.8. The van der Waals surface area contributed by atoms with E-state index in [-0.39, 0.29) is 18.0 Å². The Hall–Kier alpha value is -2.45. The third-order valence-electron chi connectivity index (χ3n) is 2.76. The average Bonchev–Trinajstić information content (AvgIpc) is 2.46. The number of para-hydroxylation sites is 1. The van der Waals surface area contributed by atoms with E-state index in [9.17, 15) is 18.5 Å². The quantitative estimate of drug-likeness (QED) is 0.650. The molecule has 0 aromatic heterocycles. The van der Waals surface area contributed by atoms with Crippen LogP contribution in [0.2, 0.25) is 0 Å². The fourth-order valence-corrected chi connectivity index (χ4v) is 2.14. The summed E-state index contributed by atoms with van der Waals surface area (Å²) in [5.41, 5.74) is 0.369. The maximum atomic E-state index is 11.2. The van der Waals surface area contributed by atoms with Crippen molar-refractivity contribution in [2.75, 3.05) is 6.26 Å². The third-order valence-corrected chi connectivity index (χ3v) is 3.43. The van der Waals surface area contributed by atoms with Gasteiger partial charge >= 0.3 is 0 Å². The van der Waals surface area contributed by atoms with Gasteiger partial charge in [0.05, 0.1) is 17.2 Å². The van der Waals surface area contributed by atoms with E-state index in [4.69, 9.17) is 4.74 Å². The number of nitro benzene ring substituents is 1. The van der Waals surface area contributed by atoms with Gasteiger partial charge in [0.2, 0.25) is 10.0 Å². The summed E-state index contributed by atoms with van der Waals surface area (Å²) in [5, 5.41) is 10.9. The van der Waals surface area contributed by atoms with Gasteiger partial charge in [0.1, 0.15) is 11.5 Å². The Morgan fingerprint density at radius 2 is 1.86 bits per heavy atom. The zero-order valence-electron chi connectivity index (χ0n) is 11.7. The number of nitrogens with one attached hydrogen (secondary N) is 1. The Kier molecular flexibility index (Phi) is 4.74. The highest BCUT2D eigenvalue weighted by molar-refractivity contribution is 7.88. The van der Waals surface area contributed by atoms with Gasteiger partial charge in [0.25, 0.3) is 5.69 Å². The van der Waals surface area contributed by atoms with Crippen LogP contribution in [0.3, 0.4) is 0 Å². The molecule has 0 saturated heterocycles. The summed E-state index contributed by atoms with van der Waals surface area (Å²) < 4.78 is 30.3. The summed E-state index contributed by atoms with van der Waals surface area (Å²) in [7, 11) is -3.38. The highest BCUT2D eigenvalue weighted by Crippen LogP contribution is 2.29. The Morgan fingerprint density at radius 1 is 1.18 bits per heavy atom. The van der Waals surface area contributed by atoms with E-state index in [1.807, 2.05) is 6.07 Å². The maximum Gasteiger partial charge on any atom is 0.273 e. The Morgan fingerprint density at radius 3 is 2.45 bits per heavy atom. The van der Waals surface area contributed by atoms with Crippen molar-refractivity contribution >= 4 is 15.7 Å². The third kappa shape index (κ3) is 4.54. The molecule has 2 aromatic rings. The van der Waals surface area contributed by atoms with Gasteiger partial charge in [-0.2, -0.15) is 0 Å². The summed E-state index contributed by atoms with van der Waals surface area (Å²) in [6.45, 7) is -0.0149. The molecule has 2 rings (SSSR count). The molecular formula is C14H14N2O5S. The molecule has 0 radical (unpaired) electrons. The van der Waals surface area contributed by atoms with Gasteiger partial charge in [-0.25, -0.2) is 13.1 Å². The van der Waals surface area contributed by atoms with Crippen LogP contribution >= 0.6 is 0 Å². The van der Waals surface area contributed by atoms with Crippen LogP contribution in [0.1, 0.15) is 5.56 Å². The van der Waals surface area contributed by atoms with Crippen LogP contribution in [0, 0.1) is 10.1 Å². The standard InChI is InChI=1S/C14H14N2O5S/c1-22(19,20)15-10-11-7-8-12(16(17)18)9-14(11)21-13-5-3-2-4-6-13/h2-9,15H,10H2,1H3. The fraction of sp³-hybridized carbons (Fsp3) is 0.143. The second-order valence-electron chi connectivity index (χ2n) is 4.56. The van der Waals surface area contributed by atoms with Crippen molar-refractivity contribution in [2.24, 2.45) is 0 Å². The molecule has 2 aromatic carbocycles. The average molecular weight is 322 g/mol. The molecule has 0 saturated carbocycles. The number of non-ortho nitro benzene ring substituents is 1. The topological polar surface area (TPSA) is 98.5 Å². The van der Waals surface area contributed by atoms with Crippen LogP contribution in [-0.4, -0.2) is 19.6 Å². The number of hydrogen-bond acceptors (Lipinski definition) is 5. The Labute approximate surface area is 127 Å². The van der Waals surface area contributed by atoms with Crippen molar-refractivity contribution in [3.05, 3.63) is 64.2 Å². The van der Waals surface area contributed by atoms with Crippen molar-refractivity contribution < 1.29 is 18.1 Å². The number of nitro groups is 1. The normalized spacial score (nSPS) is 11.1. The molecule has 0 bridgehead atoms. The molecule has 0 amide bonds. The number of sulfonamides is 1. The smallest absolute Gasteiger partial charge is 0.273 e. The molecule has 116 valence electrons. The molecule has 0 atom stereocenters. The second kappa shape index (κ2) is 6.54. The second-order valence-corrected chi connectivity index (χ2v) is 6.39. The highest BCUT2D eigenvalue weighted by atomic mass is 32.2. The van der Waals surface area contributed by atoms with Crippen LogP contribution in [-0.2, 0) is 16.6 Å². The number of ether oxygens (including phenoxy) is 1. The molecule has 1 N–H and O–H groups in total. The lowest BCUT2D eigenvalue weighted by Gasteiger charge is -2.11. The summed E-state index contributed by atoms with van der Waals surface area (Å²) in [5.74, 6) is 0.736. The predicted molar refractivity (Wildman–Crippen MR) is 81.3 cm³/mol. The molecule has 0 spiro atoms. The predicted octanol–water partition coefficient (Wildman–Crippen LogP) is 2.44. The zero-order chi connectivity index (χ0) is 16.2. The van der Waals surface area contributed by atoms with Gasteiger partial charge in [0, 0.05) is 18.2 Å². The molecule has 0 aliphatic carbocycles. The van der Waals surface area contributed by atoms with E-state index in [1.54, 1.807) is 24.3 Å². The summed E-state index contributed by atoms with van der Waals surface area (Å²) in [6.07, 6.45) is 1.04. The summed E-state index contributed by atoms with van der Waals surface area (Å²) >= 11 is 0. The first-order valence-electron chi connectivity index (χ1n) is 6.30. The van der Waals surface area contributed by atoms with Crippen LogP contribution < -0.4 is 9.46 Å². The van der Waals surface area contributed by atoms with E-state index < -0.39 is 14.9 Å². The SMILES string of the molecule is CS(=O)(=O)NCc1ccc([N+](=O)[O-])cc1Oc1ccccc1. The molecule has 7 nitrogen and oxygen atoms in total. The first kappa shape index (κ1) is 15.9. The Balaban J connectivity index is 2.33. The monoisotopic (exact) mass is 322 g/mol. The van der Waals surface area contributed by atoms with Crippen molar-refractivity contribution in [3.8, 4) is 11.5 Å². The minimum absolute atomic E-state index is 0.0149. The van der Waals surface area contributed by atoms with Gasteiger partial charge in [0.15, 0.2) is 0 Å². The number of nitrogens with zero attached hydrogens (tertiary/aromatic N) is 1. The van der Waals surface area contributed by atoms with Crippen LogP contribution in [0.25, 0.3) is 0 Å². The molecule has 8 heteroatoms. The molecule has 22 heavy (non-hydrogen) atoms. The number of benzene rings is 2. The summed E-state index contributed by atoms with van der Waals surface area (Å²) in [4.78, 5) is 10.3. The first-order valence-corrected chi connectivity index (χ1v) is 8.19. The fourth-order valence-electron chi connectivity index (χ4n) is 1.72. The molecular weight excluding hydrogens is 308 g/mol. The highest BCUT2D eigenvalue weighted by Gasteiger charge is 2.14. The molecule has 0 heterocycles. The van der Waals surface area contributed by atoms with Crippen molar-refractivity contribution in [3.63, 3.8) is 0 Å². The first-order chi connectivity index (χ1) is 10.3. The number of hydrogen-bond donors (Lipinski definition) is 1. The van der Waals surface area contributed by atoms with E-state index in [0.717, 1.165) is 6.26 Å². The molecule has 0 fully saturated rings. The van der Waals surface area contributed by atoms with Crippen LogP contribution in [0.5, 0.6) is 11.5 Å². The maximum absolute atomic E-state index is 11.2. The van der Waals surface area contributed by atoms with E-state index in [2.05, 4.69) is 4.72 Å². The lowest BCUT2D eigenvalue weighted by Crippen LogP contribution is -2.21. The van der Waals surface area contributed by atoms with Gasteiger partial charge in [-0.3, -0.25) is 10.1 Å². The lowest BCUT2D eigenvalue weighted by atomic mass is 10.2. The van der Waals surface area contributed by atoms with Crippen LogP contribution in [0.4, 0.5) is 5.69 Å². The van der Waals surface area contributed by atoms with Crippen LogP contribution in [0.15, 0.2) is 48.5 Å². The lowest BCUT2D eigenvalue weighted by molar-refractivity contribution is -0.384. The van der Waals surface area contributed by atoms with Gasteiger partial charge in [-0.05, 0) is 18.2 Å². The van der Waals surface area contributed by atoms with Crippen molar-refractivity contribution in [1.29, 1.82) is 0 Å². The van der Waals surface area contributed by atoms with Gasteiger partial charge < -0.3 is 4.74 Å². The van der Waals surface area contributed by atoms with E-state index >= 15 is 0 Å². The molecule has 0 aliphatic heterocycles. The molecule has 0 aliphatic rings.